The predicted molar refractivity (Wildman–Crippen MR) is 69.2 cm³/mol. The molecule has 2 rings (SSSR count). The van der Waals surface area contributed by atoms with Crippen molar-refractivity contribution in [3.8, 4) is 0 Å². The normalized spacial score (nSPS) is 9.83. The van der Waals surface area contributed by atoms with Crippen molar-refractivity contribution in [3.05, 3.63) is 59.9 Å². The Hall–Kier alpha value is -2.36. The molecule has 4 heteroatoms. The largest absolute Gasteiger partial charge is 0.444 e. The molecule has 1 N–H and O–H groups in total. The number of nitrogens with one attached hydrogen (secondary N) is 1. The molecule has 0 aliphatic rings. The van der Waals surface area contributed by atoms with Crippen LogP contribution in [0.4, 0.5) is 10.5 Å². The van der Waals surface area contributed by atoms with Gasteiger partial charge in [-0.3, -0.25) is 10.3 Å². The van der Waals surface area contributed by atoms with E-state index in [0.717, 1.165) is 16.8 Å². The highest BCUT2D eigenvalue weighted by atomic mass is 16.5. The third-order valence-electron chi connectivity index (χ3n) is 2.39. The molecule has 0 spiro atoms. The fraction of sp³-hybridized carbons (Fsp3) is 0.143. The van der Waals surface area contributed by atoms with E-state index in [4.69, 9.17) is 4.74 Å². The van der Waals surface area contributed by atoms with E-state index in [-0.39, 0.29) is 6.61 Å². The first kappa shape index (κ1) is 12.1. The molecule has 0 aliphatic heterocycles. The van der Waals surface area contributed by atoms with Gasteiger partial charge in [-0.15, -0.1) is 0 Å². The standard InChI is InChI=1S/C14H14N2O2/c1-11-4-6-13(7-5-11)16-14(17)18-10-12-3-2-8-15-9-12/h2-9H,10H2,1H3,(H,16,17). The molecule has 1 aromatic heterocycles. The summed E-state index contributed by atoms with van der Waals surface area (Å²) in [5.74, 6) is 0. The van der Waals surface area contributed by atoms with Crippen LogP contribution in [0.1, 0.15) is 11.1 Å². The number of carbonyl (C=O) groups excluding carboxylic acids is 1. The Morgan fingerprint density at radius 2 is 2.06 bits per heavy atom. The van der Waals surface area contributed by atoms with Gasteiger partial charge in [0.1, 0.15) is 6.61 Å². The zero-order valence-electron chi connectivity index (χ0n) is 10.1. The lowest BCUT2D eigenvalue weighted by Gasteiger charge is -2.07. The van der Waals surface area contributed by atoms with Gasteiger partial charge < -0.3 is 4.74 Å². The van der Waals surface area contributed by atoms with Crippen LogP contribution in [0, 0.1) is 6.92 Å². The zero-order chi connectivity index (χ0) is 12.8. The quantitative estimate of drug-likeness (QED) is 0.899. The van der Waals surface area contributed by atoms with Crippen molar-refractivity contribution in [2.24, 2.45) is 0 Å². The maximum Gasteiger partial charge on any atom is 0.411 e. The second-order valence-corrected chi connectivity index (χ2v) is 3.93. The lowest BCUT2D eigenvalue weighted by molar-refractivity contribution is 0.155. The maximum atomic E-state index is 11.5. The minimum Gasteiger partial charge on any atom is -0.444 e. The van der Waals surface area contributed by atoms with Crippen molar-refractivity contribution in [2.75, 3.05) is 5.32 Å². The SMILES string of the molecule is Cc1ccc(NC(=O)OCc2cccnc2)cc1. The Kier molecular flexibility index (Phi) is 3.91. The summed E-state index contributed by atoms with van der Waals surface area (Å²) in [6.07, 6.45) is 2.87. The van der Waals surface area contributed by atoms with E-state index >= 15 is 0 Å². The van der Waals surface area contributed by atoms with E-state index in [1.54, 1.807) is 18.5 Å². The van der Waals surface area contributed by atoms with Crippen LogP contribution >= 0.6 is 0 Å². The molecular weight excluding hydrogens is 228 g/mol. The lowest BCUT2D eigenvalue weighted by atomic mass is 10.2. The Morgan fingerprint density at radius 3 is 2.72 bits per heavy atom. The molecule has 1 amide bonds. The fourth-order valence-corrected chi connectivity index (χ4v) is 1.42. The highest BCUT2D eigenvalue weighted by Crippen LogP contribution is 2.09. The molecule has 0 unspecified atom stereocenters. The number of pyridine rings is 1. The molecular formula is C14H14N2O2. The molecule has 0 saturated carbocycles. The Balaban J connectivity index is 1.84. The topological polar surface area (TPSA) is 51.2 Å². The number of aryl methyl sites for hydroxylation is 1. The van der Waals surface area contributed by atoms with Crippen molar-refractivity contribution in [2.45, 2.75) is 13.5 Å². The van der Waals surface area contributed by atoms with Crippen molar-refractivity contribution in [1.82, 2.24) is 4.98 Å². The van der Waals surface area contributed by atoms with E-state index < -0.39 is 6.09 Å². The van der Waals surface area contributed by atoms with E-state index in [9.17, 15) is 4.79 Å². The molecule has 0 bridgehead atoms. The van der Waals surface area contributed by atoms with Crippen molar-refractivity contribution >= 4 is 11.8 Å². The molecule has 0 saturated heterocycles. The molecule has 92 valence electrons. The molecule has 0 fully saturated rings. The van der Waals surface area contributed by atoms with Crippen LogP contribution in [0.2, 0.25) is 0 Å². The summed E-state index contributed by atoms with van der Waals surface area (Å²) in [5, 5.41) is 2.66. The predicted octanol–water partition coefficient (Wildman–Crippen LogP) is 3.14. The average Bonchev–Trinajstić information content (AvgIpc) is 2.40. The first-order valence-electron chi connectivity index (χ1n) is 5.63. The van der Waals surface area contributed by atoms with Gasteiger partial charge in [-0.1, -0.05) is 23.8 Å². The molecule has 2 aromatic rings. The molecule has 0 atom stereocenters. The molecule has 18 heavy (non-hydrogen) atoms. The number of amides is 1. The van der Waals surface area contributed by atoms with Crippen LogP contribution in [0.5, 0.6) is 0 Å². The number of benzene rings is 1. The first-order chi connectivity index (χ1) is 8.74. The van der Waals surface area contributed by atoms with Gasteiger partial charge in [0, 0.05) is 23.6 Å². The number of carbonyl (C=O) groups is 1. The summed E-state index contributed by atoms with van der Waals surface area (Å²) < 4.78 is 5.07. The number of ether oxygens (including phenoxy) is 1. The Morgan fingerprint density at radius 1 is 1.28 bits per heavy atom. The summed E-state index contributed by atoms with van der Waals surface area (Å²) in [7, 11) is 0. The zero-order valence-corrected chi connectivity index (χ0v) is 10.1. The smallest absolute Gasteiger partial charge is 0.411 e. The van der Waals surface area contributed by atoms with Crippen LogP contribution < -0.4 is 5.32 Å². The second-order valence-electron chi connectivity index (χ2n) is 3.93. The summed E-state index contributed by atoms with van der Waals surface area (Å²) in [6, 6.07) is 11.2. The number of hydrogen-bond donors (Lipinski definition) is 1. The summed E-state index contributed by atoms with van der Waals surface area (Å²) >= 11 is 0. The molecule has 1 aromatic carbocycles. The maximum absolute atomic E-state index is 11.5. The number of anilines is 1. The van der Waals surface area contributed by atoms with Gasteiger partial charge >= 0.3 is 6.09 Å². The van der Waals surface area contributed by atoms with Gasteiger partial charge in [0.15, 0.2) is 0 Å². The summed E-state index contributed by atoms with van der Waals surface area (Å²) in [6.45, 7) is 2.20. The monoisotopic (exact) mass is 242 g/mol. The minimum atomic E-state index is -0.470. The molecule has 1 heterocycles. The van der Waals surface area contributed by atoms with Crippen LogP contribution in [0.3, 0.4) is 0 Å². The highest BCUT2D eigenvalue weighted by Gasteiger charge is 2.03. The van der Waals surface area contributed by atoms with Gasteiger partial charge in [0.2, 0.25) is 0 Å². The van der Waals surface area contributed by atoms with Gasteiger partial charge in [-0.25, -0.2) is 4.79 Å². The number of nitrogens with zero attached hydrogens (tertiary/aromatic N) is 1. The lowest BCUT2D eigenvalue weighted by Crippen LogP contribution is -2.13. The molecule has 0 radical (unpaired) electrons. The van der Waals surface area contributed by atoms with E-state index in [1.165, 1.54) is 0 Å². The van der Waals surface area contributed by atoms with Crippen LogP contribution in [-0.4, -0.2) is 11.1 Å². The Labute approximate surface area is 106 Å². The summed E-state index contributed by atoms with van der Waals surface area (Å²) in [4.78, 5) is 15.5. The minimum absolute atomic E-state index is 0.214. The van der Waals surface area contributed by atoms with Crippen LogP contribution in [0.15, 0.2) is 48.8 Å². The number of hydrogen-bond acceptors (Lipinski definition) is 3. The number of aromatic nitrogens is 1. The van der Waals surface area contributed by atoms with Gasteiger partial charge in [0.25, 0.3) is 0 Å². The van der Waals surface area contributed by atoms with Gasteiger partial charge in [-0.2, -0.15) is 0 Å². The first-order valence-corrected chi connectivity index (χ1v) is 5.63. The third kappa shape index (κ3) is 3.59. The fourth-order valence-electron chi connectivity index (χ4n) is 1.42. The van der Waals surface area contributed by atoms with E-state index in [2.05, 4.69) is 10.3 Å². The van der Waals surface area contributed by atoms with Gasteiger partial charge in [-0.05, 0) is 25.1 Å². The third-order valence-corrected chi connectivity index (χ3v) is 2.39. The average molecular weight is 242 g/mol. The van der Waals surface area contributed by atoms with Crippen molar-refractivity contribution in [1.29, 1.82) is 0 Å². The number of rotatable bonds is 3. The summed E-state index contributed by atoms with van der Waals surface area (Å²) in [5.41, 5.74) is 2.72. The second kappa shape index (κ2) is 5.82. The Bertz CT molecular complexity index is 509. The van der Waals surface area contributed by atoms with E-state index in [1.807, 2.05) is 37.3 Å². The van der Waals surface area contributed by atoms with Crippen molar-refractivity contribution in [3.63, 3.8) is 0 Å². The van der Waals surface area contributed by atoms with E-state index in [0.29, 0.717) is 0 Å². The molecule has 4 nitrogen and oxygen atoms in total. The molecule has 0 aliphatic carbocycles. The van der Waals surface area contributed by atoms with Crippen LogP contribution in [-0.2, 0) is 11.3 Å². The van der Waals surface area contributed by atoms with Gasteiger partial charge in [0.05, 0.1) is 0 Å². The van der Waals surface area contributed by atoms with Crippen LogP contribution in [0.25, 0.3) is 0 Å². The highest BCUT2D eigenvalue weighted by molar-refractivity contribution is 5.84. The van der Waals surface area contributed by atoms with Crippen molar-refractivity contribution < 1.29 is 9.53 Å².